The monoisotopic (exact) mass is 432 g/mol. The molecule has 0 bridgehead atoms. The zero-order chi connectivity index (χ0) is 22.3. The molecular formula is C21H19F3N4O3. The zero-order valence-corrected chi connectivity index (χ0v) is 16.8. The van der Waals surface area contributed by atoms with Crippen molar-refractivity contribution in [2.45, 2.75) is 13.1 Å². The van der Waals surface area contributed by atoms with E-state index in [-0.39, 0.29) is 5.90 Å². The van der Waals surface area contributed by atoms with Crippen LogP contribution in [0.3, 0.4) is 0 Å². The van der Waals surface area contributed by atoms with Crippen LogP contribution in [0.15, 0.2) is 69.0 Å². The van der Waals surface area contributed by atoms with Gasteiger partial charge in [-0.15, -0.1) is 0 Å². The second kappa shape index (κ2) is 9.88. The standard InChI is InChI=1S/C21H19F3N4O3/c1-14(15-7-5-8-17(12-15)21(22,23)24)26-25-13-16-6-3-4-9-18(16)19(27-29-2)20-28-31-11-10-30-20/h3-9,12-13H,10-11H2,1-2H3. The minimum Gasteiger partial charge on any atom is -0.470 e. The van der Waals surface area contributed by atoms with E-state index in [4.69, 9.17) is 14.4 Å². The highest BCUT2D eigenvalue weighted by molar-refractivity contribution is 6.46. The van der Waals surface area contributed by atoms with Crippen molar-refractivity contribution in [1.29, 1.82) is 0 Å². The van der Waals surface area contributed by atoms with Crippen LogP contribution in [0.5, 0.6) is 0 Å². The van der Waals surface area contributed by atoms with Gasteiger partial charge in [-0.2, -0.15) is 23.4 Å². The Morgan fingerprint density at radius 1 is 1.13 bits per heavy atom. The summed E-state index contributed by atoms with van der Waals surface area (Å²) < 4.78 is 44.3. The Morgan fingerprint density at radius 3 is 2.65 bits per heavy atom. The summed E-state index contributed by atoms with van der Waals surface area (Å²) in [5, 5.41) is 15.9. The van der Waals surface area contributed by atoms with Gasteiger partial charge in [0.25, 0.3) is 5.90 Å². The van der Waals surface area contributed by atoms with Crippen LogP contribution in [0.2, 0.25) is 0 Å². The lowest BCUT2D eigenvalue weighted by molar-refractivity contribution is -0.137. The Hall–Kier alpha value is -3.69. The van der Waals surface area contributed by atoms with Crippen LogP contribution >= 0.6 is 0 Å². The number of nitrogens with zero attached hydrogens (tertiary/aromatic N) is 4. The number of hydrogen-bond acceptors (Lipinski definition) is 7. The van der Waals surface area contributed by atoms with Crippen LogP contribution in [-0.2, 0) is 20.6 Å². The summed E-state index contributed by atoms with van der Waals surface area (Å²) in [5.74, 6) is 0.164. The van der Waals surface area contributed by atoms with E-state index in [0.29, 0.717) is 41.3 Å². The maximum Gasteiger partial charge on any atom is 0.416 e. The maximum atomic E-state index is 12.9. The third-order valence-corrected chi connectivity index (χ3v) is 4.17. The van der Waals surface area contributed by atoms with E-state index < -0.39 is 11.7 Å². The lowest BCUT2D eigenvalue weighted by atomic mass is 10.0. The van der Waals surface area contributed by atoms with Crippen LogP contribution in [-0.4, -0.2) is 43.9 Å². The third-order valence-electron chi connectivity index (χ3n) is 4.17. The number of oxime groups is 2. The van der Waals surface area contributed by atoms with Crippen LogP contribution in [0.4, 0.5) is 13.2 Å². The molecule has 0 atom stereocenters. The fourth-order valence-corrected chi connectivity index (χ4v) is 2.69. The molecule has 0 spiro atoms. The van der Waals surface area contributed by atoms with Crippen LogP contribution in [0.1, 0.15) is 29.2 Å². The molecule has 0 aliphatic carbocycles. The number of benzene rings is 2. The molecule has 2 aromatic carbocycles. The second-order valence-corrected chi connectivity index (χ2v) is 6.30. The molecule has 0 fully saturated rings. The van der Waals surface area contributed by atoms with Gasteiger partial charge in [-0.1, -0.05) is 41.6 Å². The molecule has 0 saturated heterocycles. The van der Waals surface area contributed by atoms with E-state index in [1.165, 1.54) is 19.4 Å². The highest BCUT2D eigenvalue weighted by Gasteiger charge is 2.30. The summed E-state index contributed by atoms with van der Waals surface area (Å²) in [5.41, 5.74) is 1.44. The smallest absolute Gasteiger partial charge is 0.416 e. The molecule has 1 aliphatic rings. The van der Waals surface area contributed by atoms with Gasteiger partial charge < -0.3 is 14.4 Å². The van der Waals surface area contributed by atoms with E-state index in [0.717, 1.165) is 12.1 Å². The molecule has 31 heavy (non-hydrogen) atoms. The summed E-state index contributed by atoms with van der Waals surface area (Å²) in [7, 11) is 1.39. The molecule has 0 unspecified atom stereocenters. The van der Waals surface area contributed by atoms with Crippen molar-refractivity contribution in [2.24, 2.45) is 20.5 Å². The van der Waals surface area contributed by atoms with Gasteiger partial charge in [0.05, 0.1) is 17.5 Å². The molecule has 162 valence electrons. The first-order valence-electron chi connectivity index (χ1n) is 9.19. The molecule has 10 heteroatoms. The summed E-state index contributed by atoms with van der Waals surface area (Å²) in [6.45, 7) is 2.23. The number of ether oxygens (including phenoxy) is 1. The highest BCUT2D eigenvalue weighted by Crippen LogP contribution is 2.29. The first kappa shape index (κ1) is 22.0. The fourth-order valence-electron chi connectivity index (χ4n) is 2.69. The summed E-state index contributed by atoms with van der Waals surface area (Å²) in [6.07, 6.45) is -2.97. The molecule has 0 radical (unpaired) electrons. The van der Waals surface area contributed by atoms with Crippen molar-refractivity contribution in [1.82, 2.24) is 0 Å². The molecule has 2 aromatic rings. The van der Waals surface area contributed by atoms with Crippen molar-refractivity contribution in [3.63, 3.8) is 0 Å². The number of halogens is 3. The van der Waals surface area contributed by atoms with Gasteiger partial charge in [-0.05, 0) is 29.8 Å². The van der Waals surface area contributed by atoms with Crippen LogP contribution < -0.4 is 0 Å². The van der Waals surface area contributed by atoms with Gasteiger partial charge in [0.1, 0.15) is 13.7 Å². The largest absolute Gasteiger partial charge is 0.470 e. The van der Waals surface area contributed by atoms with Crippen LogP contribution in [0.25, 0.3) is 0 Å². The first-order valence-corrected chi connectivity index (χ1v) is 9.19. The average molecular weight is 432 g/mol. The van der Waals surface area contributed by atoms with E-state index in [9.17, 15) is 13.2 Å². The van der Waals surface area contributed by atoms with Gasteiger partial charge in [0.2, 0.25) is 0 Å². The van der Waals surface area contributed by atoms with E-state index in [2.05, 4.69) is 20.5 Å². The van der Waals surface area contributed by atoms with Crippen LogP contribution in [0, 0.1) is 0 Å². The van der Waals surface area contributed by atoms with Crippen molar-refractivity contribution >= 4 is 23.5 Å². The lowest BCUT2D eigenvalue weighted by Crippen LogP contribution is -2.26. The molecule has 0 N–H and O–H groups in total. The second-order valence-electron chi connectivity index (χ2n) is 6.30. The molecular weight excluding hydrogens is 413 g/mol. The Kier molecular flexibility index (Phi) is 7.01. The van der Waals surface area contributed by atoms with E-state index in [1.807, 2.05) is 0 Å². The summed E-state index contributed by atoms with van der Waals surface area (Å²) >= 11 is 0. The summed E-state index contributed by atoms with van der Waals surface area (Å²) in [4.78, 5) is 9.97. The predicted molar refractivity (Wildman–Crippen MR) is 111 cm³/mol. The van der Waals surface area contributed by atoms with E-state index in [1.54, 1.807) is 37.3 Å². The highest BCUT2D eigenvalue weighted by atomic mass is 19.4. The van der Waals surface area contributed by atoms with Gasteiger partial charge in [0, 0.05) is 11.1 Å². The fraction of sp³-hybridized carbons (Fsp3) is 0.238. The van der Waals surface area contributed by atoms with Crippen molar-refractivity contribution in [2.75, 3.05) is 20.3 Å². The Bertz CT molecular complexity index is 1050. The molecule has 1 heterocycles. The normalized spacial score (nSPS) is 15.3. The quantitative estimate of drug-likeness (QED) is 0.506. The van der Waals surface area contributed by atoms with Crippen molar-refractivity contribution in [3.05, 3.63) is 70.8 Å². The zero-order valence-electron chi connectivity index (χ0n) is 16.8. The average Bonchev–Trinajstić information content (AvgIpc) is 2.78. The Labute approximate surface area is 176 Å². The molecule has 7 nitrogen and oxygen atoms in total. The summed E-state index contributed by atoms with van der Waals surface area (Å²) in [6, 6.07) is 12.0. The predicted octanol–water partition coefficient (Wildman–Crippen LogP) is 4.26. The maximum absolute atomic E-state index is 12.9. The number of alkyl halides is 3. The minimum atomic E-state index is -4.43. The van der Waals surface area contributed by atoms with Crippen molar-refractivity contribution in [3.8, 4) is 0 Å². The van der Waals surface area contributed by atoms with Gasteiger partial charge in [-0.25, -0.2) is 0 Å². The molecule has 3 rings (SSSR count). The first-order chi connectivity index (χ1) is 14.9. The number of hydrogen-bond donors (Lipinski definition) is 0. The molecule has 1 aliphatic heterocycles. The SMILES string of the molecule is CON=C(C1=NOCCO1)c1ccccc1C=NN=C(C)c1cccc(C(F)(F)F)c1. The lowest BCUT2D eigenvalue weighted by Gasteiger charge is -2.15. The van der Waals surface area contributed by atoms with Crippen molar-refractivity contribution < 1.29 is 27.6 Å². The molecule has 0 saturated carbocycles. The topological polar surface area (TPSA) is 77.1 Å². The Morgan fingerprint density at radius 2 is 1.94 bits per heavy atom. The van der Waals surface area contributed by atoms with E-state index >= 15 is 0 Å². The minimum absolute atomic E-state index is 0.164. The van der Waals surface area contributed by atoms with Gasteiger partial charge >= 0.3 is 6.18 Å². The number of rotatable bonds is 6. The van der Waals surface area contributed by atoms with Gasteiger partial charge in [-0.3, -0.25) is 0 Å². The molecule has 0 aromatic heterocycles. The third kappa shape index (κ3) is 5.68. The molecule has 0 amide bonds. The Balaban J connectivity index is 1.88. The van der Waals surface area contributed by atoms with Gasteiger partial charge in [0.15, 0.2) is 12.3 Å².